The Kier molecular flexibility index (Phi) is 3.24. The van der Waals surface area contributed by atoms with Gasteiger partial charge in [0.1, 0.15) is 5.82 Å². The van der Waals surface area contributed by atoms with Crippen molar-refractivity contribution < 1.29 is 0 Å². The Balaban J connectivity index is 1.92. The highest BCUT2D eigenvalue weighted by molar-refractivity contribution is 7.99. The van der Waals surface area contributed by atoms with Crippen LogP contribution in [-0.2, 0) is 0 Å². The molecule has 0 atom stereocenters. The highest BCUT2D eigenvalue weighted by Crippen LogP contribution is 2.19. The summed E-state index contributed by atoms with van der Waals surface area (Å²) in [7, 11) is 0. The zero-order valence-electron chi connectivity index (χ0n) is 8.36. The van der Waals surface area contributed by atoms with E-state index in [2.05, 4.69) is 15.5 Å². The standard InChI is InChI=1S/C10H15N3S/c1-8-2-3-10(13-12-8)11-9-4-6-14-7-5-9/h2-3,9H,4-7H2,1H3,(H,11,13). The van der Waals surface area contributed by atoms with Crippen LogP contribution in [0.5, 0.6) is 0 Å². The second kappa shape index (κ2) is 4.64. The maximum atomic E-state index is 4.10. The largest absolute Gasteiger partial charge is 0.366 e. The molecular formula is C10H15N3S. The van der Waals surface area contributed by atoms with Gasteiger partial charge in [-0.15, -0.1) is 5.10 Å². The number of hydrogen-bond acceptors (Lipinski definition) is 4. The van der Waals surface area contributed by atoms with Gasteiger partial charge in [-0.2, -0.15) is 16.9 Å². The Morgan fingerprint density at radius 2 is 2.07 bits per heavy atom. The van der Waals surface area contributed by atoms with E-state index in [4.69, 9.17) is 0 Å². The van der Waals surface area contributed by atoms with Crippen molar-refractivity contribution in [1.82, 2.24) is 10.2 Å². The molecule has 1 aliphatic rings. The van der Waals surface area contributed by atoms with Crippen LogP contribution in [0, 0.1) is 6.92 Å². The molecule has 3 nitrogen and oxygen atoms in total. The van der Waals surface area contributed by atoms with E-state index in [-0.39, 0.29) is 0 Å². The summed E-state index contributed by atoms with van der Waals surface area (Å²) in [5.41, 5.74) is 0.967. The number of aromatic nitrogens is 2. The number of nitrogens with zero attached hydrogens (tertiary/aromatic N) is 2. The summed E-state index contributed by atoms with van der Waals surface area (Å²) in [5, 5.41) is 11.6. The predicted molar refractivity (Wildman–Crippen MR) is 60.7 cm³/mol. The van der Waals surface area contributed by atoms with Crippen molar-refractivity contribution in [2.45, 2.75) is 25.8 Å². The van der Waals surface area contributed by atoms with E-state index >= 15 is 0 Å². The van der Waals surface area contributed by atoms with Gasteiger partial charge < -0.3 is 5.32 Å². The van der Waals surface area contributed by atoms with Crippen LogP contribution in [0.3, 0.4) is 0 Å². The fourth-order valence-corrected chi connectivity index (χ4v) is 2.63. The molecule has 1 aromatic heterocycles. The number of nitrogens with one attached hydrogen (secondary N) is 1. The Bertz CT molecular complexity index is 280. The molecule has 0 unspecified atom stereocenters. The molecule has 1 fully saturated rings. The zero-order valence-corrected chi connectivity index (χ0v) is 9.18. The van der Waals surface area contributed by atoms with Gasteiger partial charge in [-0.05, 0) is 43.4 Å². The molecule has 2 rings (SSSR count). The van der Waals surface area contributed by atoms with Gasteiger partial charge in [-0.3, -0.25) is 0 Å². The molecule has 1 N–H and O–H groups in total. The lowest BCUT2D eigenvalue weighted by Gasteiger charge is -2.22. The summed E-state index contributed by atoms with van der Waals surface area (Å²) in [6.07, 6.45) is 2.47. The molecule has 1 saturated heterocycles. The van der Waals surface area contributed by atoms with Gasteiger partial charge in [0.2, 0.25) is 0 Å². The lowest BCUT2D eigenvalue weighted by molar-refractivity contribution is 0.661. The van der Waals surface area contributed by atoms with Crippen molar-refractivity contribution in [3.63, 3.8) is 0 Å². The molecule has 76 valence electrons. The van der Waals surface area contributed by atoms with Crippen molar-refractivity contribution >= 4 is 17.6 Å². The minimum Gasteiger partial charge on any atom is -0.366 e. The second-order valence-corrected chi connectivity index (χ2v) is 4.82. The third kappa shape index (κ3) is 2.61. The summed E-state index contributed by atoms with van der Waals surface area (Å²) >= 11 is 2.04. The van der Waals surface area contributed by atoms with Crippen LogP contribution < -0.4 is 5.32 Å². The second-order valence-electron chi connectivity index (χ2n) is 3.59. The first-order valence-electron chi connectivity index (χ1n) is 4.99. The summed E-state index contributed by atoms with van der Waals surface area (Å²) < 4.78 is 0. The SMILES string of the molecule is Cc1ccc(NC2CCSCC2)nn1. The monoisotopic (exact) mass is 209 g/mol. The summed E-state index contributed by atoms with van der Waals surface area (Å²) in [5.74, 6) is 3.43. The van der Waals surface area contributed by atoms with Gasteiger partial charge in [0, 0.05) is 6.04 Å². The highest BCUT2D eigenvalue weighted by Gasteiger charge is 2.13. The quantitative estimate of drug-likeness (QED) is 0.809. The summed E-state index contributed by atoms with van der Waals surface area (Å²) in [6.45, 7) is 1.95. The van der Waals surface area contributed by atoms with E-state index in [1.165, 1.54) is 24.3 Å². The first-order valence-corrected chi connectivity index (χ1v) is 6.15. The highest BCUT2D eigenvalue weighted by atomic mass is 32.2. The van der Waals surface area contributed by atoms with Crippen LogP contribution in [0.4, 0.5) is 5.82 Å². The molecule has 2 heterocycles. The molecule has 0 bridgehead atoms. The van der Waals surface area contributed by atoms with Crippen molar-refractivity contribution in [2.24, 2.45) is 0 Å². The number of hydrogen-bond donors (Lipinski definition) is 1. The molecule has 14 heavy (non-hydrogen) atoms. The van der Waals surface area contributed by atoms with Crippen molar-refractivity contribution in [3.8, 4) is 0 Å². The normalized spacial score (nSPS) is 18.1. The molecule has 0 amide bonds. The molecule has 0 spiro atoms. The molecule has 4 heteroatoms. The Morgan fingerprint density at radius 1 is 1.29 bits per heavy atom. The summed E-state index contributed by atoms with van der Waals surface area (Å²) in [6, 6.07) is 4.59. The van der Waals surface area contributed by atoms with Crippen molar-refractivity contribution in [2.75, 3.05) is 16.8 Å². The fourth-order valence-electron chi connectivity index (χ4n) is 1.53. The molecular weight excluding hydrogens is 194 g/mol. The average Bonchev–Trinajstić information content (AvgIpc) is 2.23. The molecule has 1 aliphatic heterocycles. The van der Waals surface area contributed by atoms with Gasteiger partial charge in [-0.1, -0.05) is 0 Å². The lowest BCUT2D eigenvalue weighted by Crippen LogP contribution is -2.25. The van der Waals surface area contributed by atoms with Crippen molar-refractivity contribution in [3.05, 3.63) is 17.8 Å². The fraction of sp³-hybridized carbons (Fsp3) is 0.600. The van der Waals surface area contributed by atoms with Crippen molar-refractivity contribution in [1.29, 1.82) is 0 Å². The number of thioether (sulfide) groups is 1. The van der Waals surface area contributed by atoms with Crippen LogP contribution in [0.15, 0.2) is 12.1 Å². The Hall–Kier alpha value is -0.770. The van der Waals surface area contributed by atoms with Gasteiger partial charge in [-0.25, -0.2) is 0 Å². The van der Waals surface area contributed by atoms with Crippen LogP contribution in [0.2, 0.25) is 0 Å². The predicted octanol–water partition coefficient (Wildman–Crippen LogP) is 2.09. The van der Waals surface area contributed by atoms with Crippen LogP contribution in [0.1, 0.15) is 18.5 Å². The number of anilines is 1. The van der Waals surface area contributed by atoms with Crippen LogP contribution in [0.25, 0.3) is 0 Å². The minimum absolute atomic E-state index is 0.591. The van der Waals surface area contributed by atoms with E-state index in [9.17, 15) is 0 Å². The molecule has 0 saturated carbocycles. The van der Waals surface area contributed by atoms with E-state index < -0.39 is 0 Å². The first kappa shape index (κ1) is 9.77. The van der Waals surface area contributed by atoms with Gasteiger partial charge in [0.05, 0.1) is 5.69 Å². The smallest absolute Gasteiger partial charge is 0.148 e. The Labute approximate surface area is 88.7 Å². The van der Waals surface area contributed by atoms with Crippen LogP contribution >= 0.6 is 11.8 Å². The molecule has 0 aromatic carbocycles. The third-order valence-electron chi connectivity index (χ3n) is 2.37. The maximum Gasteiger partial charge on any atom is 0.148 e. The van der Waals surface area contributed by atoms with Gasteiger partial charge in [0.15, 0.2) is 0 Å². The number of aryl methyl sites for hydroxylation is 1. The van der Waals surface area contributed by atoms with E-state index in [1.54, 1.807) is 0 Å². The molecule has 1 aromatic rings. The van der Waals surface area contributed by atoms with E-state index in [1.807, 2.05) is 30.8 Å². The topological polar surface area (TPSA) is 37.8 Å². The van der Waals surface area contributed by atoms with E-state index in [0.29, 0.717) is 6.04 Å². The maximum absolute atomic E-state index is 4.10. The Morgan fingerprint density at radius 3 is 2.71 bits per heavy atom. The lowest BCUT2D eigenvalue weighted by atomic mass is 10.1. The average molecular weight is 209 g/mol. The van der Waals surface area contributed by atoms with Gasteiger partial charge >= 0.3 is 0 Å². The first-order chi connectivity index (χ1) is 6.84. The minimum atomic E-state index is 0.591. The summed E-state index contributed by atoms with van der Waals surface area (Å²) in [4.78, 5) is 0. The van der Waals surface area contributed by atoms with Gasteiger partial charge in [0.25, 0.3) is 0 Å². The zero-order chi connectivity index (χ0) is 9.80. The van der Waals surface area contributed by atoms with Crippen LogP contribution in [-0.4, -0.2) is 27.7 Å². The molecule has 0 radical (unpaired) electrons. The number of rotatable bonds is 2. The van der Waals surface area contributed by atoms with E-state index in [0.717, 1.165) is 11.5 Å². The molecule has 0 aliphatic carbocycles. The third-order valence-corrected chi connectivity index (χ3v) is 3.42.